The molecule has 3 aromatic heterocycles. The number of thiophene rings is 1. The van der Waals surface area contributed by atoms with Gasteiger partial charge in [0, 0.05) is 12.2 Å². The van der Waals surface area contributed by atoms with Crippen LogP contribution in [0.4, 0.5) is 0 Å². The molecule has 0 saturated heterocycles. The third-order valence-electron chi connectivity index (χ3n) is 4.87. The predicted molar refractivity (Wildman–Crippen MR) is 95.7 cm³/mol. The Balaban J connectivity index is 1.69. The maximum atomic E-state index is 12.6. The van der Waals surface area contributed by atoms with Crippen LogP contribution in [0.1, 0.15) is 42.3 Å². The number of carbonyl (C=O) groups excluding carboxylic acids is 1. The molecular weight excluding hydrogens is 322 g/mol. The van der Waals surface area contributed by atoms with Crippen LogP contribution in [0.2, 0.25) is 0 Å². The lowest BCUT2D eigenvalue weighted by Gasteiger charge is -2.29. The van der Waals surface area contributed by atoms with E-state index in [1.807, 2.05) is 6.07 Å². The van der Waals surface area contributed by atoms with Crippen LogP contribution in [-0.4, -0.2) is 21.3 Å². The van der Waals surface area contributed by atoms with Gasteiger partial charge in [-0.1, -0.05) is 25.8 Å². The van der Waals surface area contributed by atoms with Crippen LogP contribution >= 0.6 is 11.3 Å². The first-order valence-corrected chi connectivity index (χ1v) is 9.17. The number of nitrogens with one attached hydrogen (secondary N) is 1. The summed E-state index contributed by atoms with van der Waals surface area (Å²) in [7, 11) is 0. The molecular formula is C18H19N3O2S. The van der Waals surface area contributed by atoms with Crippen LogP contribution in [0, 0.1) is 5.92 Å². The molecule has 0 radical (unpaired) electrons. The molecule has 1 fully saturated rings. The summed E-state index contributed by atoms with van der Waals surface area (Å²) in [6.45, 7) is 2.19. The van der Waals surface area contributed by atoms with Crippen LogP contribution in [-0.2, 0) is 0 Å². The molecule has 2 atom stereocenters. The van der Waals surface area contributed by atoms with Gasteiger partial charge in [0.2, 0.25) is 0 Å². The molecule has 0 bridgehead atoms. The lowest BCUT2D eigenvalue weighted by atomic mass is 9.86. The molecule has 124 valence electrons. The van der Waals surface area contributed by atoms with E-state index in [-0.39, 0.29) is 17.5 Å². The minimum absolute atomic E-state index is 0.0924. The van der Waals surface area contributed by atoms with E-state index in [4.69, 9.17) is 0 Å². The Morgan fingerprint density at radius 1 is 1.33 bits per heavy atom. The summed E-state index contributed by atoms with van der Waals surface area (Å²) in [5.41, 5.74) is 0.474. The van der Waals surface area contributed by atoms with Gasteiger partial charge >= 0.3 is 0 Å². The molecule has 1 amide bonds. The summed E-state index contributed by atoms with van der Waals surface area (Å²) in [5, 5.41) is 3.65. The standard InChI is InChI=1S/C18H19N3O2S/c1-11-6-2-3-7-13(11)19-16(22)14-10-12-17(24-14)20-15-8-4-5-9-21(15)18(12)23/h4-5,8-11,13H,2-3,6-7H2,1H3,(H,19,22)/t11-,13+/m1/s1. The first-order valence-electron chi connectivity index (χ1n) is 8.35. The lowest BCUT2D eigenvalue weighted by molar-refractivity contribution is 0.0914. The highest BCUT2D eigenvalue weighted by Crippen LogP contribution is 2.26. The third kappa shape index (κ3) is 2.60. The fourth-order valence-electron chi connectivity index (χ4n) is 3.43. The zero-order chi connectivity index (χ0) is 16.7. The van der Waals surface area contributed by atoms with Gasteiger partial charge in [-0.05, 0) is 37.0 Å². The summed E-state index contributed by atoms with van der Waals surface area (Å²) < 4.78 is 1.51. The van der Waals surface area contributed by atoms with E-state index < -0.39 is 0 Å². The number of nitrogens with zero attached hydrogens (tertiary/aromatic N) is 2. The minimum Gasteiger partial charge on any atom is -0.348 e. The number of fused-ring (bicyclic) bond motifs is 2. The summed E-state index contributed by atoms with van der Waals surface area (Å²) in [5.74, 6) is 0.411. The number of rotatable bonds is 2. The zero-order valence-corrected chi connectivity index (χ0v) is 14.3. The van der Waals surface area contributed by atoms with Crippen LogP contribution in [0.5, 0.6) is 0 Å². The Bertz CT molecular complexity index is 975. The summed E-state index contributed by atoms with van der Waals surface area (Å²) in [6.07, 6.45) is 6.29. The van der Waals surface area contributed by atoms with Crippen molar-refractivity contribution in [1.82, 2.24) is 14.7 Å². The Morgan fingerprint density at radius 2 is 2.17 bits per heavy atom. The van der Waals surface area contributed by atoms with E-state index in [9.17, 15) is 9.59 Å². The van der Waals surface area contributed by atoms with Crippen molar-refractivity contribution in [1.29, 1.82) is 0 Å². The molecule has 3 aromatic rings. The van der Waals surface area contributed by atoms with Gasteiger partial charge < -0.3 is 5.32 Å². The van der Waals surface area contributed by atoms with Gasteiger partial charge in [0.05, 0.1) is 10.3 Å². The normalized spacial score (nSPS) is 21.2. The van der Waals surface area contributed by atoms with E-state index in [1.165, 1.54) is 22.2 Å². The van der Waals surface area contributed by atoms with Crippen LogP contribution in [0.3, 0.4) is 0 Å². The molecule has 5 nitrogen and oxygen atoms in total. The van der Waals surface area contributed by atoms with E-state index in [2.05, 4.69) is 17.2 Å². The summed E-state index contributed by atoms with van der Waals surface area (Å²) in [6, 6.07) is 7.34. The summed E-state index contributed by atoms with van der Waals surface area (Å²) >= 11 is 1.29. The second-order valence-corrected chi connectivity index (χ2v) is 7.55. The van der Waals surface area contributed by atoms with E-state index in [0.29, 0.717) is 26.7 Å². The second-order valence-electron chi connectivity index (χ2n) is 6.52. The number of hydrogen-bond donors (Lipinski definition) is 1. The molecule has 0 unspecified atom stereocenters. The van der Waals surface area contributed by atoms with E-state index >= 15 is 0 Å². The van der Waals surface area contributed by atoms with Crippen molar-refractivity contribution >= 4 is 33.1 Å². The highest BCUT2D eigenvalue weighted by atomic mass is 32.1. The smallest absolute Gasteiger partial charge is 0.266 e. The van der Waals surface area contributed by atoms with Crippen molar-refractivity contribution in [3.8, 4) is 0 Å². The minimum atomic E-state index is -0.128. The fourth-order valence-corrected chi connectivity index (χ4v) is 4.36. The molecule has 6 heteroatoms. The largest absolute Gasteiger partial charge is 0.348 e. The third-order valence-corrected chi connectivity index (χ3v) is 5.90. The van der Waals surface area contributed by atoms with Gasteiger partial charge in [-0.2, -0.15) is 0 Å². The van der Waals surface area contributed by atoms with Crippen molar-refractivity contribution in [2.45, 2.75) is 38.6 Å². The first kappa shape index (κ1) is 15.3. The highest BCUT2D eigenvalue weighted by molar-refractivity contribution is 7.20. The molecule has 4 rings (SSSR count). The SMILES string of the molecule is C[C@@H]1CCCC[C@@H]1NC(=O)c1cc2c(=O)n3ccccc3nc2s1. The number of hydrogen-bond acceptors (Lipinski definition) is 4. The molecule has 24 heavy (non-hydrogen) atoms. The van der Waals surface area contributed by atoms with Crippen molar-refractivity contribution in [2.24, 2.45) is 5.92 Å². The van der Waals surface area contributed by atoms with Crippen LogP contribution in [0.15, 0.2) is 35.3 Å². The van der Waals surface area contributed by atoms with Gasteiger partial charge in [-0.3, -0.25) is 14.0 Å². The molecule has 0 spiro atoms. The molecule has 3 heterocycles. The molecule has 1 aliphatic rings. The molecule has 0 aliphatic heterocycles. The zero-order valence-electron chi connectivity index (χ0n) is 13.5. The number of aromatic nitrogens is 2. The van der Waals surface area contributed by atoms with Gasteiger partial charge in [-0.15, -0.1) is 11.3 Å². The van der Waals surface area contributed by atoms with E-state index in [1.54, 1.807) is 24.4 Å². The maximum Gasteiger partial charge on any atom is 0.266 e. The van der Waals surface area contributed by atoms with E-state index in [0.717, 1.165) is 19.3 Å². The number of pyridine rings is 1. The van der Waals surface area contributed by atoms with Crippen molar-refractivity contribution < 1.29 is 4.79 Å². The topological polar surface area (TPSA) is 63.5 Å². The Kier molecular flexibility index (Phi) is 3.84. The van der Waals surface area contributed by atoms with Crippen molar-refractivity contribution in [3.63, 3.8) is 0 Å². The number of carbonyl (C=O) groups is 1. The lowest BCUT2D eigenvalue weighted by Crippen LogP contribution is -2.40. The van der Waals surface area contributed by atoms with Crippen molar-refractivity contribution in [3.05, 3.63) is 45.7 Å². The van der Waals surface area contributed by atoms with Gasteiger partial charge in [0.25, 0.3) is 11.5 Å². The molecule has 1 aliphatic carbocycles. The molecule has 1 saturated carbocycles. The second kappa shape index (κ2) is 6.02. The van der Waals surface area contributed by atoms with Crippen LogP contribution in [0.25, 0.3) is 15.9 Å². The van der Waals surface area contributed by atoms with Crippen LogP contribution < -0.4 is 10.9 Å². The average Bonchev–Trinajstić information content (AvgIpc) is 3.02. The molecule has 1 N–H and O–H groups in total. The van der Waals surface area contributed by atoms with Crippen molar-refractivity contribution in [2.75, 3.05) is 0 Å². The van der Waals surface area contributed by atoms with Gasteiger partial charge in [0.15, 0.2) is 0 Å². The highest BCUT2D eigenvalue weighted by Gasteiger charge is 2.24. The average molecular weight is 341 g/mol. The Morgan fingerprint density at radius 3 is 3.00 bits per heavy atom. The molecule has 0 aromatic carbocycles. The van der Waals surface area contributed by atoms with Gasteiger partial charge in [0.1, 0.15) is 10.5 Å². The summed E-state index contributed by atoms with van der Waals surface area (Å²) in [4.78, 5) is 30.8. The Labute approximate surface area is 143 Å². The first-order chi connectivity index (χ1) is 11.6. The maximum absolute atomic E-state index is 12.6. The Hall–Kier alpha value is -2.21. The monoisotopic (exact) mass is 341 g/mol. The quantitative estimate of drug-likeness (QED) is 0.778. The fraction of sp³-hybridized carbons (Fsp3) is 0.389. The predicted octanol–water partition coefficient (Wildman–Crippen LogP) is 3.22. The number of amides is 1. The van der Waals surface area contributed by atoms with Gasteiger partial charge in [-0.25, -0.2) is 4.98 Å².